The molecule has 28 heavy (non-hydrogen) atoms. The molecular weight excluding hydrogens is 384 g/mol. The lowest BCUT2D eigenvalue weighted by Gasteiger charge is -2.54. The smallest absolute Gasteiger partial charge is 0.155 e. The fraction of sp³-hybridized carbons (Fsp3) is 0.750. The van der Waals surface area contributed by atoms with Crippen molar-refractivity contribution in [2.24, 2.45) is 22.7 Å². The third-order valence-corrected chi connectivity index (χ3v) is 10.6. The second kappa shape index (κ2) is 7.98. The lowest BCUT2D eigenvalue weighted by Crippen LogP contribution is -2.46. The van der Waals surface area contributed by atoms with E-state index in [0.29, 0.717) is 34.4 Å². The molecule has 0 aromatic rings. The Morgan fingerprint density at radius 2 is 1.86 bits per heavy atom. The van der Waals surface area contributed by atoms with Crippen molar-refractivity contribution in [1.82, 2.24) is 0 Å². The fourth-order valence-electron chi connectivity index (χ4n) is 6.63. The van der Waals surface area contributed by atoms with E-state index in [1.54, 1.807) is 5.57 Å². The van der Waals surface area contributed by atoms with E-state index in [9.17, 15) is 9.59 Å². The molecule has 0 amide bonds. The second-order valence-corrected chi connectivity index (χ2v) is 12.5. The van der Waals surface area contributed by atoms with Crippen LogP contribution < -0.4 is 0 Å². The summed E-state index contributed by atoms with van der Waals surface area (Å²) in [5, 5.41) is 0. The summed E-state index contributed by atoms with van der Waals surface area (Å²) in [4.78, 5) is 24.9. The predicted molar refractivity (Wildman–Crippen MR) is 121 cm³/mol. The Morgan fingerprint density at radius 1 is 1.11 bits per heavy atom. The van der Waals surface area contributed by atoms with E-state index < -0.39 is 0 Å². The molecule has 4 heteroatoms. The summed E-state index contributed by atoms with van der Waals surface area (Å²) in [5.41, 5.74) is 2.99. The van der Waals surface area contributed by atoms with Crippen LogP contribution in [-0.4, -0.2) is 27.7 Å². The van der Waals surface area contributed by atoms with Crippen LogP contribution in [0.1, 0.15) is 72.1 Å². The zero-order chi connectivity index (χ0) is 19.9. The largest absolute Gasteiger partial charge is 0.299 e. The van der Waals surface area contributed by atoms with Crippen molar-refractivity contribution in [3.05, 3.63) is 23.3 Å². The Balaban J connectivity index is 1.74. The van der Waals surface area contributed by atoms with Gasteiger partial charge in [0.1, 0.15) is 5.78 Å². The normalized spacial score (nSPS) is 37.3. The van der Waals surface area contributed by atoms with Crippen LogP contribution in [0.2, 0.25) is 0 Å². The molecule has 2 fully saturated rings. The van der Waals surface area contributed by atoms with Crippen LogP contribution >= 0.6 is 23.5 Å². The molecule has 0 N–H and O–H groups in total. The quantitative estimate of drug-likeness (QED) is 0.379. The molecule has 2 unspecified atom stereocenters. The maximum atomic E-state index is 12.7. The summed E-state index contributed by atoms with van der Waals surface area (Å²) in [7, 11) is 0. The summed E-state index contributed by atoms with van der Waals surface area (Å²) in [6, 6.07) is 0. The molecule has 0 aromatic carbocycles. The van der Waals surface area contributed by atoms with E-state index in [1.165, 1.54) is 5.57 Å². The lowest BCUT2D eigenvalue weighted by molar-refractivity contribution is -0.127. The van der Waals surface area contributed by atoms with Crippen molar-refractivity contribution in [2.75, 3.05) is 11.5 Å². The topological polar surface area (TPSA) is 34.1 Å². The molecule has 2 nitrogen and oxygen atoms in total. The molecule has 0 saturated heterocycles. The Kier molecular flexibility index (Phi) is 5.92. The molecule has 154 valence electrons. The van der Waals surface area contributed by atoms with Crippen molar-refractivity contribution >= 4 is 35.1 Å². The monoisotopic (exact) mass is 418 g/mol. The van der Waals surface area contributed by atoms with Crippen LogP contribution in [0, 0.1) is 22.7 Å². The van der Waals surface area contributed by atoms with Gasteiger partial charge in [-0.2, -0.15) is 0 Å². The van der Waals surface area contributed by atoms with Crippen molar-refractivity contribution in [2.45, 2.75) is 76.7 Å². The van der Waals surface area contributed by atoms with Gasteiger partial charge in [-0.3, -0.25) is 9.59 Å². The number of carbonyl (C=O) groups is 2. The summed E-state index contributed by atoms with van der Waals surface area (Å²) in [6.45, 7) is 6.74. The van der Waals surface area contributed by atoms with Gasteiger partial charge in [0.05, 0.1) is 4.58 Å². The molecule has 0 aromatic heterocycles. The predicted octanol–water partition coefficient (Wildman–Crippen LogP) is 6.21. The number of allylic oxidation sites excluding steroid dienone is 4. The Hall–Kier alpha value is -0.480. The zero-order valence-electron chi connectivity index (χ0n) is 17.6. The number of Topliss-reactive ketones (excluding diaryl/α,β-unsaturated/α-hetero) is 1. The molecule has 0 radical (unpaired) electrons. The minimum absolute atomic E-state index is 0.0821. The van der Waals surface area contributed by atoms with Gasteiger partial charge in [-0.1, -0.05) is 38.0 Å². The second-order valence-electron chi connectivity index (χ2n) is 9.26. The maximum Gasteiger partial charge on any atom is 0.155 e. The van der Waals surface area contributed by atoms with E-state index >= 15 is 0 Å². The van der Waals surface area contributed by atoms with Gasteiger partial charge in [-0.05, 0) is 67.9 Å². The first kappa shape index (κ1) is 20.8. The number of hydrogen-bond donors (Lipinski definition) is 0. The first-order valence-electron chi connectivity index (χ1n) is 11.2. The van der Waals surface area contributed by atoms with Gasteiger partial charge in [0.15, 0.2) is 5.78 Å². The maximum absolute atomic E-state index is 12.7. The van der Waals surface area contributed by atoms with E-state index in [2.05, 4.69) is 50.4 Å². The highest BCUT2D eigenvalue weighted by Crippen LogP contribution is 2.64. The van der Waals surface area contributed by atoms with Crippen LogP contribution in [-0.2, 0) is 9.59 Å². The van der Waals surface area contributed by atoms with Gasteiger partial charge in [0, 0.05) is 23.7 Å². The summed E-state index contributed by atoms with van der Waals surface area (Å²) < 4.78 is 0.588. The highest BCUT2D eigenvalue weighted by molar-refractivity contribution is 8.16. The Labute approximate surface area is 178 Å². The highest BCUT2D eigenvalue weighted by atomic mass is 32.2. The fourth-order valence-corrected chi connectivity index (χ4v) is 9.38. The molecule has 4 aliphatic rings. The summed E-state index contributed by atoms with van der Waals surface area (Å²) >= 11 is 4.15. The molecule has 0 bridgehead atoms. The number of fused-ring (bicyclic) bond motifs is 5. The summed E-state index contributed by atoms with van der Waals surface area (Å²) in [6.07, 6.45) is 12.3. The third kappa shape index (κ3) is 3.27. The summed E-state index contributed by atoms with van der Waals surface area (Å²) in [5.74, 6) is 4.17. The van der Waals surface area contributed by atoms with E-state index in [0.717, 1.165) is 56.5 Å². The van der Waals surface area contributed by atoms with Crippen LogP contribution in [0.3, 0.4) is 0 Å². The number of rotatable bonds is 6. The van der Waals surface area contributed by atoms with Crippen molar-refractivity contribution in [3.63, 3.8) is 0 Å². The Morgan fingerprint density at radius 3 is 2.57 bits per heavy atom. The van der Waals surface area contributed by atoms with Crippen LogP contribution in [0.15, 0.2) is 23.3 Å². The number of ketones is 2. The SMILES string of the molecule is CCSC(C[C@]12CCC(=O)C=C1CCC1C2=CC[C@]2(C)C(=O)CCC12)SCC. The van der Waals surface area contributed by atoms with E-state index in [1.807, 2.05) is 6.08 Å². The standard InChI is InChI=1S/C24H34O2S2/c1-4-27-22(28-5-2)15-24-13-10-17(25)14-16(24)6-7-18-19-8-9-21(26)23(19,3)12-11-20(18)24/h11,14,18-19,22H,4-10,12-13,15H2,1-3H3/t18?,19?,23-,24+/m0/s1. The highest BCUT2D eigenvalue weighted by Gasteiger charge is 2.57. The average molecular weight is 419 g/mol. The molecule has 4 atom stereocenters. The molecule has 2 saturated carbocycles. The lowest BCUT2D eigenvalue weighted by atomic mass is 9.50. The van der Waals surface area contributed by atoms with Crippen molar-refractivity contribution < 1.29 is 9.59 Å². The van der Waals surface area contributed by atoms with Gasteiger partial charge < -0.3 is 0 Å². The molecule has 0 spiro atoms. The van der Waals surface area contributed by atoms with Crippen LogP contribution in [0.5, 0.6) is 0 Å². The first-order valence-corrected chi connectivity index (χ1v) is 13.2. The Bertz CT molecular complexity index is 718. The van der Waals surface area contributed by atoms with Crippen LogP contribution in [0.25, 0.3) is 0 Å². The minimum Gasteiger partial charge on any atom is -0.299 e. The van der Waals surface area contributed by atoms with Gasteiger partial charge in [0.2, 0.25) is 0 Å². The number of hydrogen-bond acceptors (Lipinski definition) is 4. The van der Waals surface area contributed by atoms with Gasteiger partial charge in [-0.15, -0.1) is 23.5 Å². The number of thioether (sulfide) groups is 2. The van der Waals surface area contributed by atoms with E-state index in [4.69, 9.17) is 0 Å². The van der Waals surface area contributed by atoms with Crippen molar-refractivity contribution in [3.8, 4) is 0 Å². The van der Waals surface area contributed by atoms with E-state index in [-0.39, 0.29) is 10.8 Å². The molecule has 4 rings (SSSR count). The average Bonchev–Trinajstić information content (AvgIpc) is 2.97. The van der Waals surface area contributed by atoms with Gasteiger partial charge in [0.25, 0.3) is 0 Å². The third-order valence-electron chi connectivity index (χ3n) is 8.01. The zero-order valence-corrected chi connectivity index (χ0v) is 19.2. The molecular formula is C24H34O2S2. The first-order chi connectivity index (χ1) is 13.4. The molecule has 0 heterocycles. The van der Waals surface area contributed by atoms with Crippen LogP contribution in [0.4, 0.5) is 0 Å². The number of carbonyl (C=O) groups excluding carboxylic acids is 2. The molecule has 4 aliphatic carbocycles. The van der Waals surface area contributed by atoms with Crippen molar-refractivity contribution in [1.29, 1.82) is 0 Å². The minimum atomic E-state index is -0.128. The van der Waals surface area contributed by atoms with Gasteiger partial charge >= 0.3 is 0 Å². The molecule has 0 aliphatic heterocycles. The van der Waals surface area contributed by atoms with Gasteiger partial charge in [-0.25, -0.2) is 0 Å².